The highest BCUT2D eigenvalue weighted by atomic mass is 16.7. The molecule has 6 nitrogen and oxygen atoms in total. The first-order chi connectivity index (χ1) is 13.1. The van der Waals surface area contributed by atoms with Crippen molar-refractivity contribution in [2.24, 2.45) is 0 Å². The fourth-order valence-corrected chi connectivity index (χ4v) is 3.55. The van der Waals surface area contributed by atoms with Gasteiger partial charge in [0.05, 0.1) is 6.61 Å². The summed E-state index contributed by atoms with van der Waals surface area (Å²) < 4.78 is 17.1. The van der Waals surface area contributed by atoms with Crippen LogP contribution in [0.2, 0.25) is 0 Å². The number of carbonyl (C=O) groups excluding carboxylic acids is 1. The lowest BCUT2D eigenvalue weighted by molar-refractivity contribution is -0.116. The summed E-state index contributed by atoms with van der Waals surface area (Å²) in [5.41, 5.74) is 3.89. The first-order valence-electron chi connectivity index (χ1n) is 9.24. The largest absolute Gasteiger partial charge is 0.493 e. The van der Waals surface area contributed by atoms with E-state index < -0.39 is 0 Å². The van der Waals surface area contributed by atoms with Crippen molar-refractivity contribution in [3.63, 3.8) is 0 Å². The molecule has 1 N–H and O–H groups in total. The Morgan fingerprint density at radius 2 is 1.93 bits per heavy atom. The van der Waals surface area contributed by atoms with Crippen LogP contribution in [0.15, 0.2) is 30.3 Å². The number of benzene rings is 2. The zero-order chi connectivity index (χ0) is 19.0. The highest BCUT2D eigenvalue weighted by molar-refractivity contribution is 5.96. The molecule has 1 atom stereocenters. The molecule has 142 valence electrons. The van der Waals surface area contributed by atoms with Crippen LogP contribution in [0.3, 0.4) is 0 Å². The molecule has 0 aromatic heterocycles. The van der Waals surface area contributed by atoms with Gasteiger partial charge >= 0.3 is 0 Å². The molecule has 2 aliphatic heterocycles. The van der Waals surface area contributed by atoms with E-state index in [1.54, 1.807) is 0 Å². The van der Waals surface area contributed by atoms with Crippen molar-refractivity contribution in [2.45, 2.75) is 25.7 Å². The molecule has 0 bridgehead atoms. The second-order valence-corrected chi connectivity index (χ2v) is 7.06. The van der Waals surface area contributed by atoms with Crippen molar-refractivity contribution in [1.29, 1.82) is 0 Å². The molecule has 2 heterocycles. The molecule has 27 heavy (non-hydrogen) atoms. The zero-order valence-corrected chi connectivity index (χ0v) is 15.9. The van der Waals surface area contributed by atoms with Crippen LogP contribution in [0.25, 0.3) is 0 Å². The molecule has 2 aliphatic rings. The Labute approximate surface area is 159 Å². The number of nitrogens with zero attached hydrogens (tertiary/aromatic N) is 1. The predicted octanol–water partition coefficient (Wildman–Crippen LogP) is 3.74. The minimum absolute atomic E-state index is 0.00973. The van der Waals surface area contributed by atoms with Gasteiger partial charge in [-0.25, -0.2) is 0 Å². The van der Waals surface area contributed by atoms with Gasteiger partial charge in [0.25, 0.3) is 0 Å². The summed E-state index contributed by atoms with van der Waals surface area (Å²) in [6.07, 6.45) is 1.29. The molecule has 0 spiro atoms. The molecule has 6 heteroatoms. The molecule has 0 saturated carbocycles. The molecule has 0 radical (unpaired) electrons. The molecule has 0 saturated heterocycles. The maximum atomic E-state index is 12.4. The van der Waals surface area contributed by atoms with Gasteiger partial charge in [-0.05, 0) is 24.1 Å². The first-order valence-corrected chi connectivity index (χ1v) is 9.24. The number of hydrogen-bond acceptors (Lipinski definition) is 5. The number of rotatable bonds is 5. The van der Waals surface area contributed by atoms with Crippen LogP contribution in [0.1, 0.15) is 36.8 Å². The Morgan fingerprint density at radius 3 is 2.67 bits per heavy atom. The van der Waals surface area contributed by atoms with Gasteiger partial charge in [0.15, 0.2) is 11.5 Å². The summed E-state index contributed by atoms with van der Waals surface area (Å²) in [5, 5.41) is 2.96. The third-order valence-corrected chi connectivity index (χ3v) is 4.93. The number of anilines is 2. The molecule has 1 unspecified atom stereocenters. The standard InChI is InChI=1S/C21H24N2O4/c1-4-7-25-18-8-13(23(2)3)5-6-14(18)15-10-21(24)22-17-11-20-19(9-16(15)17)26-12-27-20/h5-6,8-9,11,15H,4,7,10,12H2,1-3H3,(H,22,24). The van der Waals surface area contributed by atoms with Gasteiger partial charge in [-0.2, -0.15) is 0 Å². The van der Waals surface area contributed by atoms with Crippen molar-refractivity contribution < 1.29 is 19.0 Å². The maximum absolute atomic E-state index is 12.4. The molecule has 2 aromatic rings. The van der Waals surface area contributed by atoms with Crippen molar-refractivity contribution in [2.75, 3.05) is 37.7 Å². The molecule has 0 fully saturated rings. The van der Waals surface area contributed by atoms with E-state index >= 15 is 0 Å². The summed E-state index contributed by atoms with van der Waals surface area (Å²) >= 11 is 0. The second-order valence-electron chi connectivity index (χ2n) is 7.06. The molecule has 4 rings (SSSR count). The highest BCUT2D eigenvalue weighted by Crippen LogP contribution is 2.46. The van der Waals surface area contributed by atoms with Crippen LogP contribution in [0.4, 0.5) is 11.4 Å². The smallest absolute Gasteiger partial charge is 0.231 e. The van der Waals surface area contributed by atoms with E-state index in [4.69, 9.17) is 14.2 Å². The normalized spacial score (nSPS) is 17.3. The number of ether oxygens (including phenoxy) is 3. The van der Waals surface area contributed by atoms with E-state index in [1.807, 2.05) is 37.2 Å². The summed E-state index contributed by atoms with van der Waals surface area (Å²) in [4.78, 5) is 14.4. The zero-order valence-electron chi connectivity index (χ0n) is 15.9. The quantitative estimate of drug-likeness (QED) is 0.871. The number of amides is 1. The van der Waals surface area contributed by atoms with Crippen molar-refractivity contribution in [3.05, 3.63) is 41.5 Å². The van der Waals surface area contributed by atoms with Crippen molar-refractivity contribution in [3.8, 4) is 17.2 Å². The van der Waals surface area contributed by atoms with Gasteiger partial charge in [0.2, 0.25) is 12.7 Å². The average molecular weight is 368 g/mol. The summed E-state index contributed by atoms with van der Waals surface area (Å²) in [7, 11) is 4.01. The van der Waals surface area contributed by atoms with E-state index in [1.165, 1.54) is 0 Å². The van der Waals surface area contributed by atoms with Crippen LogP contribution in [-0.2, 0) is 4.79 Å². The monoisotopic (exact) mass is 368 g/mol. The van der Waals surface area contributed by atoms with E-state index in [-0.39, 0.29) is 18.6 Å². The number of nitrogens with one attached hydrogen (secondary N) is 1. The fourth-order valence-electron chi connectivity index (χ4n) is 3.55. The number of fused-ring (bicyclic) bond motifs is 2. The first kappa shape index (κ1) is 17.5. The topological polar surface area (TPSA) is 60.0 Å². The summed E-state index contributed by atoms with van der Waals surface area (Å²) in [6.45, 7) is 2.93. The maximum Gasteiger partial charge on any atom is 0.231 e. The fraction of sp³-hybridized carbons (Fsp3) is 0.381. The lowest BCUT2D eigenvalue weighted by Gasteiger charge is -2.28. The van der Waals surface area contributed by atoms with Crippen LogP contribution >= 0.6 is 0 Å². The van der Waals surface area contributed by atoms with Gasteiger partial charge in [-0.15, -0.1) is 0 Å². The Balaban J connectivity index is 1.80. The van der Waals surface area contributed by atoms with Crippen LogP contribution in [0, 0.1) is 0 Å². The van der Waals surface area contributed by atoms with E-state index in [0.717, 1.165) is 40.4 Å². The van der Waals surface area contributed by atoms with Crippen molar-refractivity contribution in [1.82, 2.24) is 0 Å². The van der Waals surface area contributed by atoms with Gasteiger partial charge in [0, 0.05) is 55.5 Å². The van der Waals surface area contributed by atoms with Gasteiger partial charge < -0.3 is 24.4 Å². The summed E-state index contributed by atoms with van der Waals surface area (Å²) in [5.74, 6) is 2.11. The lowest BCUT2D eigenvalue weighted by Crippen LogP contribution is -2.24. The SMILES string of the molecule is CCCOc1cc(N(C)C)ccc1C1CC(=O)Nc2cc3c(cc21)OCO3. The molecule has 1 amide bonds. The van der Waals surface area contributed by atoms with E-state index in [0.29, 0.717) is 18.8 Å². The minimum atomic E-state index is -0.0914. The summed E-state index contributed by atoms with van der Waals surface area (Å²) in [6, 6.07) is 10.0. The Kier molecular flexibility index (Phi) is 4.56. The van der Waals surface area contributed by atoms with Crippen molar-refractivity contribution >= 4 is 17.3 Å². The highest BCUT2D eigenvalue weighted by Gasteiger charge is 2.31. The number of carbonyl (C=O) groups is 1. The Morgan fingerprint density at radius 1 is 1.15 bits per heavy atom. The van der Waals surface area contributed by atoms with Gasteiger partial charge in [0.1, 0.15) is 5.75 Å². The van der Waals surface area contributed by atoms with E-state index in [2.05, 4.69) is 24.4 Å². The minimum Gasteiger partial charge on any atom is -0.493 e. The molecule has 0 aliphatic carbocycles. The molecular weight excluding hydrogens is 344 g/mol. The van der Waals surface area contributed by atoms with Crippen LogP contribution in [-0.4, -0.2) is 33.4 Å². The van der Waals surface area contributed by atoms with Crippen LogP contribution < -0.4 is 24.4 Å². The predicted molar refractivity (Wildman–Crippen MR) is 104 cm³/mol. The van der Waals surface area contributed by atoms with E-state index in [9.17, 15) is 4.79 Å². The molecule has 2 aromatic carbocycles. The average Bonchev–Trinajstić information content (AvgIpc) is 3.11. The third kappa shape index (κ3) is 3.27. The van der Waals surface area contributed by atoms with Gasteiger partial charge in [-0.3, -0.25) is 4.79 Å². The molecular formula is C21H24N2O4. The number of hydrogen-bond donors (Lipinski definition) is 1. The third-order valence-electron chi connectivity index (χ3n) is 4.93. The Bertz CT molecular complexity index is 879. The lowest BCUT2D eigenvalue weighted by atomic mass is 9.84. The van der Waals surface area contributed by atoms with Crippen LogP contribution in [0.5, 0.6) is 17.2 Å². The Hall–Kier alpha value is -2.89. The van der Waals surface area contributed by atoms with Gasteiger partial charge in [-0.1, -0.05) is 13.0 Å². The second kappa shape index (κ2) is 7.02.